The number of nitrogens with one attached hydrogen (secondary N) is 1. The van der Waals surface area contributed by atoms with E-state index in [-0.39, 0.29) is 5.82 Å². The van der Waals surface area contributed by atoms with Crippen LogP contribution < -0.4 is 5.73 Å². The number of primary amides is 1. The minimum atomic E-state index is -0.875. The number of aryl methyl sites for hydroxylation is 1. The fourth-order valence-corrected chi connectivity index (χ4v) is 3.41. The number of para-hydroxylation sites is 1. The van der Waals surface area contributed by atoms with Gasteiger partial charge in [0, 0.05) is 6.16 Å². The Labute approximate surface area is 124 Å². The molecule has 0 atom stereocenters. The molecule has 0 fully saturated rings. The lowest BCUT2D eigenvalue weighted by Gasteiger charge is -2.15. The molecule has 0 unspecified atom stereocenters. The molecule has 21 heavy (non-hydrogen) atoms. The third-order valence-electron chi connectivity index (χ3n) is 2.94. The van der Waals surface area contributed by atoms with E-state index in [2.05, 4.69) is 9.97 Å². The molecule has 6 nitrogen and oxygen atoms in total. The molecular formula is C14H20N3O3P. The van der Waals surface area contributed by atoms with Crippen molar-refractivity contribution < 1.29 is 13.8 Å². The number of aromatic nitrogens is 2. The summed E-state index contributed by atoms with van der Waals surface area (Å²) < 4.78 is 11.2. The summed E-state index contributed by atoms with van der Waals surface area (Å²) in [5.74, 6) is -0.364. The molecule has 1 heterocycles. The Bertz CT molecular complexity index is 609. The Kier molecular flexibility index (Phi) is 5.67. The van der Waals surface area contributed by atoms with E-state index in [9.17, 15) is 4.79 Å². The summed E-state index contributed by atoms with van der Waals surface area (Å²) in [6, 6.07) is 5.82. The summed E-state index contributed by atoms with van der Waals surface area (Å²) in [4.78, 5) is 18.4. The number of hydrogen-bond donors (Lipinski definition) is 2. The predicted octanol–water partition coefficient (Wildman–Crippen LogP) is 2.59. The van der Waals surface area contributed by atoms with E-state index in [1.165, 1.54) is 0 Å². The molecule has 2 rings (SSSR count). The summed E-state index contributed by atoms with van der Waals surface area (Å²) >= 11 is 0. The predicted molar refractivity (Wildman–Crippen MR) is 83.4 cm³/mol. The Morgan fingerprint density at radius 3 is 2.67 bits per heavy atom. The van der Waals surface area contributed by atoms with Crippen LogP contribution in [0.4, 0.5) is 0 Å². The van der Waals surface area contributed by atoms with E-state index in [1.807, 2.05) is 32.0 Å². The zero-order valence-corrected chi connectivity index (χ0v) is 13.2. The molecule has 3 N–H and O–H groups in total. The number of nitrogens with zero attached hydrogens (tertiary/aromatic N) is 1. The number of hydrogen-bond acceptors (Lipinski definition) is 4. The number of H-pyrrole nitrogens is 1. The molecule has 0 saturated heterocycles. The zero-order valence-electron chi connectivity index (χ0n) is 12.3. The number of fused-ring (bicyclic) bond motifs is 1. The summed E-state index contributed by atoms with van der Waals surface area (Å²) in [6.45, 7) is 5.21. The molecule has 1 aromatic heterocycles. The molecule has 0 radical (unpaired) electrons. The lowest BCUT2D eigenvalue weighted by atomic mass is 10.1. The van der Waals surface area contributed by atoms with Crippen molar-refractivity contribution in [1.82, 2.24) is 9.97 Å². The third kappa shape index (κ3) is 4.00. The fraction of sp³-hybridized carbons (Fsp3) is 0.429. The Balaban J connectivity index is 2.15. The highest BCUT2D eigenvalue weighted by Gasteiger charge is 2.14. The van der Waals surface area contributed by atoms with Crippen LogP contribution in [0.1, 0.15) is 30.0 Å². The first-order valence-electron chi connectivity index (χ1n) is 6.96. The van der Waals surface area contributed by atoms with Crippen molar-refractivity contribution in [2.45, 2.75) is 20.3 Å². The van der Waals surface area contributed by atoms with Crippen LogP contribution in [0.15, 0.2) is 18.2 Å². The molecule has 7 heteroatoms. The number of benzene rings is 1. The van der Waals surface area contributed by atoms with Gasteiger partial charge in [-0.2, -0.15) is 0 Å². The maximum Gasteiger partial charge on any atom is 0.284 e. The van der Waals surface area contributed by atoms with Crippen molar-refractivity contribution in [1.29, 1.82) is 0 Å². The molecule has 2 aromatic rings. The van der Waals surface area contributed by atoms with Gasteiger partial charge in [0.05, 0.1) is 24.2 Å². The second-order valence-electron chi connectivity index (χ2n) is 4.40. The van der Waals surface area contributed by atoms with Crippen LogP contribution in [-0.2, 0) is 15.5 Å². The van der Waals surface area contributed by atoms with Crippen LogP contribution in [0.25, 0.3) is 11.0 Å². The van der Waals surface area contributed by atoms with Crippen LogP contribution in [0, 0.1) is 0 Å². The van der Waals surface area contributed by atoms with E-state index >= 15 is 0 Å². The Morgan fingerprint density at radius 1 is 1.33 bits per heavy atom. The Hall–Kier alpha value is -1.49. The molecule has 0 bridgehead atoms. The van der Waals surface area contributed by atoms with Gasteiger partial charge in [-0.25, -0.2) is 4.98 Å². The van der Waals surface area contributed by atoms with Gasteiger partial charge >= 0.3 is 0 Å². The summed E-state index contributed by atoms with van der Waals surface area (Å²) in [6.07, 6.45) is 1.58. The van der Waals surface area contributed by atoms with E-state index < -0.39 is 14.3 Å². The first kappa shape index (κ1) is 15.9. The van der Waals surface area contributed by atoms with Gasteiger partial charge in [0.25, 0.3) is 5.91 Å². The van der Waals surface area contributed by atoms with Crippen LogP contribution >= 0.6 is 8.38 Å². The van der Waals surface area contributed by atoms with Crippen LogP contribution in [0.2, 0.25) is 0 Å². The van der Waals surface area contributed by atoms with Crippen molar-refractivity contribution in [2.24, 2.45) is 5.73 Å². The molecule has 1 amide bonds. The van der Waals surface area contributed by atoms with Gasteiger partial charge in [-0.1, -0.05) is 12.1 Å². The average molecular weight is 309 g/mol. The molecule has 114 valence electrons. The summed E-state index contributed by atoms with van der Waals surface area (Å²) in [7, 11) is -0.875. The SMILES string of the molecule is CCOP(CCc1cccc2[nH]c(C(N)=O)nc12)OCC. The topological polar surface area (TPSA) is 90.2 Å². The number of aromatic amines is 1. The molecule has 0 aliphatic heterocycles. The van der Waals surface area contributed by atoms with Crippen LogP contribution in [-0.4, -0.2) is 35.3 Å². The largest absolute Gasteiger partial charge is 0.363 e. The van der Waals surface area contributed by atoms with E-state index in [1.54, 1.807) is 0 Å². The van der Waals surface area contributed by atoms with Crippen molar-refractivity contribution in [3.8, 4) is 0 Å². The standard InChI is InChI=1S/C14H20N3O3P/c1-3-19-21(20-4-2)9-8-10-6-5-7-11-12(10)17-14(16-11)13(15)18/h5-7H,3-4,8-9H2,1-2H3,(H2,15,18)(H,16,17). The normalized spacial score (nSPS) is 11.4. The number of rotatable bonds is 8. The van der Waals surface area contributed by atoms with Crippen molar-refractivity contribution in [2.75, 3.05) is 19.4 Å². The number of carbonyl (C=O) groups excluding carboxylic acids is 1. The maximum absolute atomic E-state index is 11.2. The van der Waals surface area contributed by atoms with Crippen LogP contribution in [0.3, 0.4) is 0 Å². The highest BCUT2D eigenvalue weighted by Crippen LogP contribution is 2.38. The number of amides is 1. The van der Waals surface area contributed by atoms with E-state index in [0.717, 1.165) is 29.2 Å². The third-order valence-corrected chi connectivity index (χ3v) is 4.62. The van der Waals surface area contributed by atoms with Crippen molar-refractivity contribution in [3.05, 3.63) is 29.6 Å². The van der Waals surface area contributed by atoms with Crippen molar-refractivity contribution >= 4 is 25.3 Å². The second-order valence-corrected chi connectivity index (χ2v) is 6.03. The van der Waals surface area contributed by atoms with E-state index in [0.29, 0.717) is 13.2 Å². The minimum absolute atomic E-state index is 0.189. The van der Waals surface area contributed by atoms with Gasteiger partial charge in [0.2, 0.25) is 0 Å². The lowest BCUT2D eigenvalue weighted by Crippen LogP contribution is -2.12. The second kappa shape index (κ2) is 7.50. The molecule has 0 saturated carbocycles. The smallest absolute Gasteiger partial charge is 0.284 e. The first-order chi connectivity index (χ1) is 10.2. The summed E-state index contributed by atoms with van der Waals surface area (Å²) in [5, 5.41) is 0. The van der Waals surface area contributed by atoms with Gasteiger partial charge < -0.3 is 19.8 Å². The summed E-state index contributed by atoms with van der Waals surface area (Å²) in [5.41, 5.74) is 7.92. The molecule has 0 spiro atoms. The number of nitrogens with two attached hydrogens (primary N) is 1. The quantitative estimate of drug-likeness (QED) is 0.733. The van der Waals surface area contributed by atoms with Crippen molar-refractivity contribution in [3.63, 3.8) is 0 Å². The molecule has 0 aliphatic rings. The minimum Gasteiger partial charge on any atom is -0.363 e. The average Bonchev–Trinajstić information content (AvgIpc) is 2.90. The fourth-order valence-electron chi connectivity index (χ4n) is 2.08. The maximum atomic E-state index is 11.2. The zero-order chi connectivity index (χ0) is 15.2. The molecule has 1 aromatic carbocycles. The monoisotopic (exact) mass is 309 g/mol. The van der Waals surface area contributed by atoms with Gasteiger partial charge in [0.15, 0.2) is 14.2 Å². The number of imidazole rings is 1. The Morgan fingerprint density at radius 2 is 2.05 bits per heavy atom. The van der Waals surface area contributed by atoms with E-state index in [4.69, 9.17) is 14.8 Å². The number of carbonyl (C=O) groups is 1. The van der Waals surface area contributed by atoms with Gasteiger partial charge in [-0.05, 0) is 31.9 Å². The van der Waals surface area contributed by atoms with Gasteiger partial charge in [-0.15, -0.1) is 0 Å². The molecule has 0 aliphatic carbocycles. The first-order valence-corrected chi connectivity index (χ1v) is 8.32. The highest BCUT2D eigenvalue weighted by molar-refractivity contribution is 7.47. The van der Waals surface area contributed by atoms with Crippen LogP contribution in [0.5, 0.6) is 0 Å². The highest BCUT2D eigenvalue weighted by atomic mass is 31.2. The molecular weight excluding hydrogens is 289 g/mol. The van der Waals surface area contributed by atoms with Gasteiger partial charge in [0.1, 0.15) is 0 Å². The van der Waals surface area contributed by atoms with Gasteiger partial charge in [-0.3, -0.25) is 4.79 Å². The lowest BCUT2D eigenvalue weighted by molar-refractivity contribution is 0.0991.